The Labute approximate surface area is 128 Å². The summed E-state index contributed by atoms with van der Waals surface area (Å²) in [5.41, 5.74) is 0.661. The second-order valence-corrected chi connectivity index (χ2v) is 8.82. The zero-order valence-electron chi connectivity index (χ0n) is 14.8. The van der Waals surface area contributed by atoms with E-state index >= 15 is 0 Å². The molecule has 0 aromatic heterocycles. The quantitative estimate of drug-likeness (QED) is 0.537. The van der Waals surface area contributed by atoms with Gasteiger partial charge in [-0.25, -0.2) is 0 Å². The van der Waals surface area contributed by atoms with E-state index < -0.39 is 0 Å². The fourth-order valence-electron chi connectivity index (χ4n) is 5.41. The topological polar surface area (TPSA) is 0 Å². The van der Waals surface area contributed by atoms with E-state index in [4.69, 9.17) is 0 Å². The van der Waals surface area contributed by atoms with Gasteiger partial charge in [0.05, 0.1) is 0 Å². The summed E-state index contributed by atoms with van der Waals surface area (Å²) in [7, 11) is 0. The molecule has 2 saturated carbocycles. The fraction of sp³-hybridized carbons (Fsp3) is 1.00. The normalized spacial score (nSPS) is 42.9. The van der Waals surface area contributed by atoms with Gasteiger partial charge in [0.2, 0.25) is 0 Å². The zero-order valence-corrected chi connectivity index (χ0v) is 14.8. The van der Waals surface area contributed by atoms with Crippen LogP contribution in [0.25, 0.3) is 0 Å². The lowest BCUT2D eigenvalue weighted by Gasteiger charge is -2.51. The smallest absolute Gasteiger partial charge is 0.0294 e. The van der Waals surface area contributed by atoms with Crippen LogP contribution in [0.2, 0.25) is 0 Å². The zero-order chi connectivity index (χ0) is 14.8. The molecule has 0 spiro atoms. The van der Waals surface area contributed by atoms with Crippen LogP contribution in [0.15, 0.2) is 0 Å². The van der Waals surface area contributed by atoms with Gasteiger partial charge in [-0.2, -0.15) is 0 Å². The standard InChI is InChI=1S/C20H38/c1-6-7-17-10-12-20(5,13-11-17)19-14-16(4)8-9-18(19)15(2)3/h15-19H,6-14H2,1-5H3. The van der Waals surface area contributed by atoms with E-state index in [2.05, 4.69) is 34.6 Å². The van der Waals surface area contributed by atoms with Crippen LogP contribution >= 0.6 is 0 Å². The molecule has 2 rings (SSSR count). The Hall–Kier alpha value is 0. The van der Waals surface area contributed by atoms with E-state index in [1.807, 2.05) is 0 Å². The number of rotatable bonds is 4. The van der Waals surface area contributed by atoms with Gasteiger partial charge in [0, 0.05) is 0 Å². The van der Waals surface area contributed by atoms with Crippen LogP contribution in [0, 0.1) is 35.0 Å². The van der Waals surface area contributed by atoms with Gasteiger partial charge in [0.25, 0.3) is 0 Å². The van der Waals surface area contributed by atoms with Gasteiger partial charge in [0.1, 0.15) is 0 Å². The van der Waals surface area contributed by atoms with E-state index in [0.29, 0.717) is 5.41 Å². The molecule has 3 atom stereocenters. The third kappa shape index (κ3) is 3.60. The van der Waals surface area contributed by atoms with Gasteiger partial charge in [-0.3, -0.25) is 0 Å². The minimum Gasteiger partial charge on any atom is -0.0654 e. The molecule has 2 aliphatic rings. The molecule has 0 N–H and O–H groups in total. The Bertz CT molecular complexity index is 282. The Morgan fingerprint density at radius 3 is 2.25 bits per heavy atom. The summed E-state index contributed by atoms with van der Waals surface area (Å²) in [6.07, 6.45) is 13.4. The molecule has 118 valence electrons. The Balaban J connectivity index is 2.03. The van der Waals surface area contributed by atoms with Crippen molar-refractivity contribution < 1.29 is 0 Å². The maximum absolute atomic E-state index is 2.65. The van der Waals surface area contributed by atoms with Crippen molar-refractivity contribution in [2.75, 3.05) is 0 Å². The molecule has 20 heavy (non-hydrogen) atoms. The van der Waals surface area contributed by atoms with E-state index in [1.165, 1.54) is 57.8 Å². The molecule has 0 saturated heterocycles. The molecular formula is C20H38. The molecule has 0 nitrogen and oxygen atoms in total. The average molecular weight is 279 g/mol. The molecule has 0 bridgehead atoms. The van der Waals surface area contributed by atoms with Crippen LogP contribution in [-0.4, -0.2) is 0 Å². The maximum atomic E-state index is 2.65. The summed E-state index contributed by atoms with van der Waals surface area (Å²) >= 11 is 0. The van der Waals surface area contributed by atoms with Crippen molar-refractivity contribution >= 4 is 0 Å². The minimum absolute atomic E-state index is 0.661. The van der Waals surface area contributed by atoms with Gasteiger partial charge in [-0.1, -0.05) is 53.9 Å². The second-order valence-electron chi connectivity index (χ2n) is 8.82. The largest absolute Gasteiger partial charge is 0.0654 e. The summed E-state index contributed by atoms with van der Waals surface area (Å²) in [6, 6.07) is 0. The van der Waals surface area contributed by atoms with Crippen molar-refractivity contribution in [1.29, 1.82) is 0 Å². The molecule has 0 amide bonds. The van der Waals surface area contributed by atoms with Gasteiger partial charge in [0.15, 0.2) is 0 Å². The van der Waals surface area contributed by atoms with Crippen LogP contribution in [0.1, 0.15) is 92.4 Å². The highest BCUT2D eigenvalue weighted by atomic mass is 14.5. The summed E-state index contributed by atoms with van der Waals surface area (Å²) in [5.74, 6) is 4.91. The first-order valence-electron chi connectivity index (χ1n) is 9.46. The predicted octanol–water partition coefficient (Wildman–Crippen LogP) is 6.69. The maximum Gasteiger partial charge on any atom is -0.0294 e. The summed E-state index contributed by atoms with van der Waals surface area (Å²) in [4.78, 5) is 0. The van der Waals surface area contributed by atoms with Crippen molar-refractivity contribution in [1.82, 2.24) is 0 Å². The van der Waals surface area contributed by atoms with Crippen molar-refractivity contribution in [3.05, 3.63) is 0 Å². The van der Waals surface area contributed by atoms with Crippen LogP contribution in [0.3, 0.4) is 0 Å². The lowest BCUT2D eigenvalue weighted by atomic mass is 9.55. The number of hydrogen-bond acceptors (Lipinski definition) is 0. The highest BCUT2D eigenvalue weighted by Gasteiger charge is 2.44. The predicted molar refractivity (Wildman–Crippen MR) is 89.8 cm³/mol. The van der Waals surface area contributed by atoms with Crippen molar-refractivity contribution in [2.45, 2.75) is 92.4 Å². The van der Waals surface area contributed by atoms with Crippen LogP contribution in [0.5, 0.6) is 0 Å². The lowest BCUT2D eigenvalue weighted by molar-refractivity contribution is -0.00506. The molecule has 0 heterocycles. The van der Waals surface area contributed by atoms with Crippen LogP contribution < -0.4 is 0 Å². The molecular weight excluding hydrogens is 240 g/mol. The van der Waals surface area contributed by atoms with E-state index in [1.54, 1.807) is 0 Å². The van der Waals surface area contributed by atoms with E-state index in [9.17, 15) is 0 Å². The first kappa shape index (κ1) is 16.4. The van der Waals surface area contributed by atoms with Gasteiger partial charge in [-0.05, 0) is 73.5 Å². The Morgan fingerprint density at radius 1 is 1.05 bits per heavy atom. The van der Waals surface area contributed by atoms with E-state index in [-0.39, 0.29) is 0 Å². The third-order valence-electron chi connectivity index (χ3n) is 6.86. The summed E-state index contributed by atoms with van der Waals surface area (Å²) in [6.45, 7) is 12.4. The molecule has 2 aliphatic carbocycles. The first-order valence-corrected chi connectivity index (χ1v) is 9.46. The molecule has 0 radical (unpaired) electrons. The van der Waals surface area contributed by atoms with E-state index in [0.717, 1.165) is 29.6 Å². The van der Waals surface area contributed by atoms with Crippen LogP contribution in [0.4, 0.5) is 0 Å². The molecule has 0 aromatic rings. The van der Waals surface area contributed by atoms with Gasteiger partial charge in [-0.15, -0.1) is 0 Å². The molecule has 0 aliphatic heterocycles. The highest BCUT2D eigenvalue weighted by Crippen LogP contribution is 2.54. The third-order valence-corrected chi connectivity index (χ3v) is 6.86. The average Bonchev–Trinajstić information content (AvgIpc) is 2.41. The number of hydrogen-bond donors (Lipinski definition) is 0. The molecule has 0 heteroatoms. The first-order chi connectivity index (χ1) is 9.46. The fourth-order valence-corrected chi connectivity index (χ4v) is 5.41. The molecule has 0 aromatic carbocycles. The molecule has 2 fully saturated rings. The molecule has 3 unspecified atom stereocenters. The minimum atomic E-state index is 0.661. The summed E-state index contributed by atoms with van der Waals surface area (Å²) < 4.78 is 0. The SMILES string of the molecule is CCCC1CCC(C)(C2CC(C)CCC2C(C)C)CC1. The van der Waals surface area contributed by atoms with Crippen LogP contribution in [-0.2, 0) is 0 Å². The van der Waals surface area contributed by atoms with Crippen molar-refractivity contribution in [2.24, 2.45) is 35.0 Å². The lowest BCUT2D eigenvalue weighted by Crippen LogP contribution is -2.41. The van der Waals surface area contributed by atoms with Crippen molar-refractivity contribution in [3.8, 4) is 0 Å². The van der Waals surface area contributed by atoms with Gasteiger partial charge >= 0.3 is 0 Å². The Morgan fingerprint density at radius 2 is 1.70 bits per heavy atom. The summed E-state index contributed by atoms with van der Waals surface area (Å²) in [5, 5.41) is 0. The Kier molecular flexibility index (Phi) is 5.60. The monoisotopic (exact) mass is 278 g/mol. The van der Waals surface area contributed by atoms with Gasteiger partial charge < -0.3 is 0 Å². The van der Waals surface area contributed by atoms with Crippen molar-refractivity contribution in [3.63, 3.8) is 0 Å². The highest BCUT2D eigenvalue weighted by molar-refractivity contribution is 4.94. The second kappa shape index (κ2) is 6.84.